The Morgan fingerprint density at radius 2 is 1.93 bits per heavy atom. The van der Waals surface area contributed by atoms with Gasteiger partial charge in [0.1, 0.15) is 35.4 Å². The molecular formula is C33H33N9O2. The maximum atomic E-state index is 13.2. The third-order valence-electron chi connectivity index (χ3n) is 7.85. The van der Waals surface area contributed by atoms with Crippen molar-refractivity contribution >= 4 is 34.3 Å². The Labute approximate surface area is 255 Å². The first kappa shape index (κ1) is 28.9. The van der Waals surface area contributed by atoms with E-state index in [-0.39, 0.29) is 12.1 Å². The number of benzene rings is 1. The molecule has 1 aromatic carbocycles. The number of hydrogen-bond acceptors (Lipinski definition) is 9. The molecule has 4 aromatic heterocycles. The number of carbonyl (C=O) groups is 1. The summed E-state index contributed by atoms with van der Waals surface area (Å²) < 4.78 is 8.12. The van der Waals surface area contributed by atoms with E-state index in [0.717, 1.165) is 54.2 Å². The molecule has 5 heterocycles. The second kappa shape index (κ2) is 11.8. The monoisotopic (exact) mass is 587 g/mol. The molecule has 0 spiro atoms. The van der Waals surface area contributed by atoms with Gasteiger partial charge in [0.05, 0.1) is 17.2 Å². The van der Waals surface area contributed by atoms with Gasteiger partial charge in [-0.3, -0.25) is 14.3 Å². The van der Waals surface area contributed by atoms with Gasteiger partial charge in [0.2, 0.25) is 0 Å². The third kappa shape index (κ3) is 5.59. The number of ether oxygens (including phenoxy) is 1. The fraction of sp³-hybridized carbons (Fsp3) is 0.303. The van der Waals surface area contributed by atoms with E-state index in [9.17, 15) is 10.1 Å². The lowest BCUT2D eigenvalue weighted by atomic mass is 9.90. The number of amides is 1. The number of pyridine rings is 2. The molecule has 2 N–H and O–H groups in total. The quantitative estimate of drug-likeness (QED) is 0.221. The van der Waals surface area contributed by atoms with Crippen molar-refractivity contribution in [2.75, 3.05) is 17.2 Å². The number of carbonyl (C=O) groups excluding carboxylic acids is 1. The summed E-state index contributed by atoms with van der Waals surface area (Å²) in [7, 11) is 0. The highest BCUT2D eigenvalue weighted by Gasteiger charge is 2.25. The number of nitrogens with zero attached hydrogens (tertiary/aromatic N) is 7. The van der Waals surface area contributed by atoms with Crippen LogP contribution in [0.25, 0.3) is 22.4 Å². The molecule has 0 radical (unpaired) electrons. The lowest BCUT2D eigenvalue weighted by molar-refractivity contribution is -0.0309. The molecule has 1 aliphatic rings. The van der Waals surface area contributed by atoms with Gasteiger partial charge in [0, 0.05) is 41.5 Å². The molecule has 1 atom stereocenters. The van der Waals surface area contributed by atoms with Crippen LogP contribution in [0, 0.1) is 25.2 Å². The van der Waals surface area contributed by atoms with Crippen LogP contribution in [0.2, 0.25) is 0 Å². The average Bonchev–Trinajstić information content (AvgIpc) is 3.39. The highest BCUT2D eigenvalue weighted by molar-refractivity contribution is 6.04. The number of fused-ring (bicyclic) bond motifs is 1. The SMILES string of the molecule is Cc1ccc(NC(=O)c2ccnc(C(C)(C)C#N)c2)cc1Nc1ncccc1-c1ncnc2c1nc(C)n2C1CCCCO1. The minimum atomic E-state index is -0.812. The van der Waals surface area contributed by atoms with E-state index < -0.39 is 5.41 Å². The molecule has 0 aliphatic carbocycles. The van der Waals surface area contributed by atoms with Crippen molar-refractivity contribution in [1.82, 2.24) is 29.5 Å². The largest absolute Gasteiger partial charge is 0.358 e. The van der Waals surface area contributed by atoms with Crippen LogP contribution >= 0.6 is 0 Å². The number of rotatable bonds is 7. The van der Waals surface area contributed by atoms with Gasteiger partial charge in [-0.25, -0.2) is 19.9 Å². The van der Waals surface area contributed by atoms with E-state index in [1.807, 2.05) is 44.2 Å². The summed E-state index contributed by atoms with van der Waals surface area (Å²) >= 11 is 0. The zero-order chi connectivity index (χ0) is 30.8. The van der Waals surface area contributed by atoms with Crippen LogP contribution in [-0.2, 0) is 10.2 Å². The molecule has 1 fully saturated rings. The van der Waals surface area contributed by atoms with E-state index in [1.165, 1.54) is 0 Å². The summed E-state index contributed by atoms with van der Waals surface area (Å²) in [5.74, 6) is 1.12. The van der Waals surface area contributed by atoms with Crippen molar-refractivity contribution in [3.8, 4) is 17.3 Å². The minimum Gasteiger partial charge on any atom is -0.358 e. The zero-order valence-corrected chi connectivity index (χ0v) is 25.1. The first-order valence-corrected chi connectivity index (χ1v) is 14.6. The van der Waals surface area contributed by atoms with Crippen LogP contribution in [0.1, 0.15) is 66.8 Å². The van der Waals surface area contributed by atoms with Gasteiger partial charge in [0.15, 0.2) is 5.65 Å². The summed E-state index contributed by atoms with van der Waals surface area (Å²) in [5, 5.41) is 15.9. The summed E-state index contributed by atoms with van der Waals surface area (Å²) in [5.41, 5.74) is 5.32. The first-order chi connectivity index (χ1) is 21.2. The molecule has 11 heteroatoms. The van der Waals surface area contributed by atoms with Crippen LogP contribution in [0.15, 0.2) is 61.2 Å². The minimum absolute atomic E-state index is 0.0971. The van der Waals surface area contributed by atoms with Crippen LogP contribution in [0.4, 0.5) is 17.2 Å². The number of imidazole rings is 1. The summed E-state index contributed by atoms with van der Waals surface area (Å²) in [6, 6.07) is 15.0. The standard InChI is InChI=1S/C33H33N9O2/c1-20-10-11-23(40-32(43)22-12-14-35-26(16-22)33(3,4)18-34)17-25(20)41-30-24(8-7-13-36-30)28-29-31(38-19-37-28)42(21(2)39-29)27-9-5-6-15-44-27/h7-8,10-14,16-17,19,27H,5-6,9,15H2,1-4H3,(H,36,41)(H,40,43). The lowest BCUT2D eigenvalue weighted by Crippen LogP contribution is -2.19. The normalized spacial score (nSPS) is 15.1. The van der Waals surface area contributed by atoms with E-state index in [2.05, 4.69) is 41.2 Å². The Balaban J connectivity index is 1.30. The third-order valence-corrected chi connectivity index (χ3v) is 7.85. The fourth-order valence-corrected chi connectivity index (χ4v) is 5.32. The van der Waals surface area contributed by atoms with Gasteiger partial charge in [-0.1, -0.05) is 6.07 Å². The molecule has 1 unspecified atom stereocenters. The predicted molar refractivity (Wildman–Crippen MR) is 167 cm³/mol. The number of hydrogen-bond donors (Lipinski definition) is 2. The van der Waals surface area contributed by atoms with Crippen molar-refractivity contribution in [3.63, 3.8) is 0 Å². The Morgan fingerprint density at radius 1 is 1.07 bits per heavy atom. The Kier molecular flexibility index (Phi) is 7.76. The molecule has 1 amide bonds. The van der Waals surface area contributed by atoms with E-state index >= 15 is 0 Å². The summed E-state index contributed by atoms with van der Waals surface area (Å²) in [4.78, 5) is 36.2. The lowest BCUT2D eigenvalue weighted by Gasteiger charge is -2.24. The van der Waals surface area contributed by atoms with Gasteiger partial charge in [-0.15, -0.1) is 0 Å². The van der Waals surface area contributed by atoms with E-state index in [0.29, 0.717) is 34.0 Å². The fourth-order valence-electron chi connectivity index (χ4n) is 5.32. The molecule has 0 bridgehead atoms. The van der Waals surface area contributed by atoms with Gasteiger partial charge in [0.25, 0.3) is 5.91 Å². The van der Waals surface area contributed by atoms with E-state index in [1.54, 1.807) is 44.7 Å². The van der Waals surface area contributed by atoms with Crippen LogP contribution < -0.4 is 10.6 Å². The number of nitriles is 1. The maximum Gasteiger partial charge on any atom is 0.255 e. The van der Waals surface area contributed by atoms with Gasteiger partial charge in [-0.2, -0.15) is 5.26 Å². The topological polar surface area (TPSA) is 144 Å². The molecule has 5 aromatic rings. The van der Waals surface area contributed by atoms with Gasteiger partial charge < -0.3 is 15.4 Å². The van der Waals surface area contributed by atoms with Crippen molar-refractivity contribution in [2.24, 2.45) is 0 Å². The number of aryl methyl sites for hydroxylation is 2. The zero-order valence-electron chi connectivity index (χ0n) is 25.1. The number of nitrogens with one attached hydrogen (secondary N) is 2. The molecule has 44 heavy (non-hydrogen) atoms. The second-order valence-electron chi connectivity index (χ2n) is 11.4. The second-order valence-corrected chi connectivity index (χ2v) is 11.4. The first-order valence-electron chi connectivity index (χ1n) is 14.6. The summed E-state index contributed by atoms with van der Waals surface area (Å²) in [6.45, 7) is 8.21. The summed E-state index contributed by atoms with van der Waals surface area (Å²) in [6.07, 6.45) is 7.79. The van der Waals surface area contributed by atoms with Crippen molar-refractivity contribution in [3.05, 3.63) is 83.8 Å². The Morgan fingerprint density at radius 3 is 2.73 bits per heavy atom. The number of anilines is 3. The molecule has 6 rings (SSSR count). The maximum absolute atomic E-state index is 13.2. The Bertz CT molecular complexity index is 1900. The van der Waals surface area contributed by atoms with Gasteiger partial charge >= 0.3 is 0 Å². The van der Waals surface area contributed by atoms with Crippen LogP contribution in [0.5, 0.6) is 0 Å². The predicted octanol–water partition coefficient (Wildman–Crippen LogP) is 6.40. The van der Waals surface area contributed by atoms with Crippen molar-refractivity contribution in [2.45, 2.75) is 58.6 Å². The van der Waals surface area contributed by atoms with E-state index in [4.69, 9.17) is 9.72 Å². The Hall–Kier alpha value is -5.21. The van der Waals surface area contributed by atoms with Crippen molar-refractivity contribution < 1.29 is 9.53 Å². The molecule has 222 valence electrons. The smallest absolute Gasteiger partial charge is 0.255 e. The average molecular weight is 588 g/mol. The molecule has 0 saturated carbocycles. The molecular weight excluding hydrogens is 554 g/mol. The highest BCUT2D eigenvalue weighted by Crippen LogP contribution is 2.35. The molecule has 1 aliphatic heterocycles. The number of aromatic nitrogens is 6. The highest BCUT2D eigenvalue weighted by atomic mass is 16.5. The van der Waals surface area contributed by atoms with Crippen LogP contribution in [-0.4, -0.2) is 42.0 Å². The van der Waals surface area contributed by atoms with Gasteiger partial charge in [-0.05, 0) is 88.9 Å². The molecule has 11 nitrogen and oxygen atoms in total. The molecule has 1 saturated heterocycles. The van der Waals surface area contributed by atoms with Crippen molar-refractivity contribution in [1.29, 1.82) is 5.26 Å². The van der Waals surface area contributed by atoms with Crippen LogP contribution in [0.3, 0.4) is 0 Å².